The van der Waals surface area contributed by atoms with E-state index >= 15 is 0 Å². The molecule has 2 unspecified atom stereocenters. The lowest BCUT2D eigenvalue weighted by atomic mass is 9.75. The van der Waals surface area contributed by atoms with Gasteiger partial charge in [-0.15, -0.1) is 0 Å². The van der Waals surface area contributed by atoms with Crippen LogP contribution in [0.15, 0.2) is 24.3 Å². The Balaban J connectivity index is 2.59. The fourth-order valence-electron chi connectivity index (χ4n) is 3.27. The van der Waals surface area contributed by atoms with E-state index in [4.69, 9.17) is 0 Å². The molecule has 0 heterocycles. The van der Waals surface area contributed by atoms with Gasteiger partial charge in [-0.25, -0.2) is 0 Å². The normalized spacial score (nSPS) is 29.2. The number of benzene rings is 1. The minimum absolute atomic E-state index is 0.0221. The molecule has 0 radical (unpaired) electrons. The highest BCUT2D eigenvalue weighted by molar-refractivity contribution is 7.53. The molecule has 0 aromatic heterocycles. The van der Waals surface area contributed by atoms with E-state index in [2.05, 4.69) is 0 Å². The largest absolute Gasteiger partial charge is 0.336 e. The molecule has 0 bridgehead atoms. The maximum absolute atomic E-state index is 12.1. The molecule has 2 atom stereocenters. The van der Waals surface area contributed by atoms with Gasteiger partial charge in [0, 0.05) is 0 Å². The number of hydrogen-bond acceptors (Lipinski definition) is 1. The molecule has 1 aliphatic carbocycles. The van der Waals surface area contributed by atoms with Crippen LogP contribution in [0.3, 0.4) is 0 Å². The van der Waals surface area contributed by atoms with Crippen molar-refractivity contribution in [3.63, 3.8) is 0 Å². The zero-order valence-corrected chi connectivity index (χ0v) is 11.9. The average Bonchev–Trinajstić information content (AvgIpc) is 2.28. The number of hydrogen-bond donors (Lipinski definition) is 2. The smallest absolute Gasteiger partial charge is 0.324 e. The fraction of sp³-hybridized carbons (Fsp3) is 0.571. The molecule has 0 spiro atoms. The number of aryl methyl sites for hydroxylation is 1. The fourth-order valence-corrected chi connectivity index (χ4v) is 4.90. The van der Waals surface area contributed by atoms with E-state index in [1.165, 1.54) is 0 Å². The molecule has 1 aromatic carbocycles. The van der Waals surface area contributed by atoms with Gasteiger partial charge in [0.25, 0.3) is 0 Å². The van der Waals surface area contributed by atoms with Crippen LogP contribution in [0, 0.1) is 12.8 Å². The van der Waals surface area contributed by atoms with Crippen molar-refractivity contribution >= 4 is 7.60 Å². The van der Waals surface area contributed by atoms with Gasteiger partial charge >= 0.3 is 7.60 Å². The molecule has 2 N–H and O–H groups in total. The van der Waals surface area contributed by atoms with Crippen LogP contribution in [0.25, 0.3) is 0 Å². The molecule has 4 heteroatoms. The summed E-state index contributed by atoms with van der Waals surface area (Å²) in [5.41, 5.74) is 1.86. The molecular weight excluding hydrogens is 247 g/mol. The summed E-state index contributed by atoms with van der Waals surface area (Å²) in [6, 6.07) is 7.66. The van der Waals surface area contributed by atoms with Gasteiger partial charge in [0.05, 0.1) is 5.16 Å². The van der Waals surface area contributed by atoms with Gasteiger partial charge in [-0.05, 0) is 31.2 Å². The van der Waals surface area contributed by atoms with Crippen LogP contribution in [0.5, 0.6) is 0 Å². The van der Waals surface area contributed by atoms with Crippen LogP contribution in [-0.4, -0.2) is 9.79 Å². The summed E-state index contributed by atoms with van der Waals surface area (Å²) in [7, 11) is -4.17. The highest BCUT2D eigenvalue weighted by Crippen LogP contribution is 2.65. The van der Waals surface area contributed by atoms with Crippen molar-refractivity contribution in [3.05, 3.63) is 35.4 Å². The third-order valence-corrected chi connectivity index (χ3v) is 6.26. The van der Waals surface area contributed by atoms with Gasteiger partial charge in [-0.1, -0.05) is 49.6 Å². The zero-order valence-electron chi connectivity index (χ0n) is 11.0. The molecule has 1 aliphatic rings. The predicted octanol–water partition coefficient (Wildman–Crippen LogP) is 3.58. The minimum atomic E-state index is -4.17. The molecule has 0 aliphatic heterocycles. The molecule has 0 amide bonds. The third kappa shape index (κ3) is 2.16. The number of rotatable bonds is 2. The van der Waals surface area contributed by atoms with Crippen LogP contribution >= 0.6 is 7.60 Å². The first-order valence-electron chi connectivity index (χ1n) is 6.51. The highest BCUT2D eigenvalue weighted by atomic mass is 31.2. The first-order chi connectivity index (χ1) is 8.38. The van der Waals surface area contributed by atoms with Crippen molar-refractivity contribution in [1.29, 1.82) is 0 Å². The monoisotopic (exact) mass is 268 g/mol. The lowest BCUT2D eigenvalue weighted by molar-refractivity contribution is 0.223. The van der Waals surface area contributed by atoms with Crippen LogP contribution in [0.2, 0.25) is 0 Å². The van der Waals surface area contributed by atoms with Gasteiger partial charge in [-0.2, -0.15) is 0 Å². The second kappa shape index (κ2) is 4.80. The lowest BCUT2D eigenvalue weighted by Gasteiger charge is -2.43. The second-order valence-electron chi connectivity index (χ2n) is 5.48. The summed E-state index contributed by atoms with van der Waals surface area (Å²) >= 11 is 0. The van der Waals surface area contributed by atoms with Gasteiger partial charge in [0.15, 0.2) is 0 Å². The van der Waals surface area contributed by atoms with E-state index in [0.29, 0.717) is 6.42 Å². The first-order valence-corrected chi connectivity index (χ1v) is 8.12. The summed E-state index contributed by atoms with van der Waals surface area (Å²) in [4.78, 5) is 19.8. The Labute approximate surface area is 108 Å². The van der Waals surface area contributed by atoms with Crippen LogP contribution in [0.4, 0.5) is 0 Å². The van der Waals surface area contributed by atoms with Crippen molar-refractivity contribution in [3.8, 4) is 0 Å². The minimum Gasteiger partial charge on any atom is -0.324 e. The van der Waals surface area contributed by atoms with E-state index in [0.717, 1.165) is 30.4 Å². The summed E-state index contributed by atoms with van der Waals surface area (Å²) in [5.74, 6) is 0.0221. The lowest BCUT2D eigenvalue weighted by Crippen LogP contribution is -2.36. The standard InChI is InChI=1S/C14H21O3P/c1-11-6-5-8-13(10-11)14(18(15,16)17)9-4-3-7-12(14)2/h5-6,8,10,12H,3-4,7,9H2,1-2H3,(H2,15,16,17). The molecule has 1 aromatic rings. The summed E-state index contributed by atoms with van der Waals surface area (Å²) in [5, 5.41) is -0.975. The van der Waals surface area contributed by atoms with Crippen LogP contribution in [-0.2, 0) is 9.72 Å². The Morgan fingerprint density at radius 1 is 1.33 bits per heavy atom. The van der Waals surface area contributed by atoms with E-state index < -0.39 is 12.8 Å². The summed E-state index contributed by atoms with van der Waals surface area (Å²) in [6.07, 6.45) is 3.43. The highest BCUT2D eigenvalue weighted by Gasteiger charge is 2.52. The van der Waals surface area contributed by atoms with Gasteiger partial charge < -0.3 is 9.79 Å². The Hall–Kier alpha value is -0.630. The first kappa shape index (κ1) is 13.8. The van der Waals surface area contributed by atoms with E-state index in [1.807, 2.05) is 38.1 Å². The Morgan fingerprint density at radius 3 is 2.61 bits per heavy atom. The Morgan fingerprint density at radius 2 is 2.06 bits per heavy atom. The molecule has 2 rings (SSSR count). The quantitative estimate of drug-likeness (QED) is 0.806. The molecule has 1 saturated carbocycles. The molecule has 100 valence electrons. The molecule has 3 nitrogen and oxygen atoms in total. The zero-order chi connectivity index (χ0) is 13.4. The van der Waals surface area contributed by atoms with Crippen molar-refractivity contribution in [1.82, 2.24) is 0 Å². The SMILES string of the molecule is Cc1cccc(C2(P(=O)(O)O)CCCCC2C)c1. The van der Waals surface area contributed by atoms with E-state index in [1.54, 1.807) is 0 Å². The second-order valence-corrected chi connectivity index (χ2v) is 7.37. The van der Waals surface area contributed by atoms with Crippen molar-refractivity contribution in [2.75, 3.05) is 0 Å². The Kier molecular flexibility index (Phi) is 3.68. The van der Waals surface area contributed by atoms with Crippen LogP contribution in [0.1, 0.15) is 43.7 Å². The van der Waals surface area contributed by atoms with Crippen molar-refractivity contribution in [2.45, 2.75) is 44.7 Å². The molecule has 0 saturated heterocycles. The van der Waals surface area contributed by atoms with E-state index in [9.17, 15) is 14.4 Å². The van der Waals surface area contributed by atoms with Crippen LogP contribution < -0.4 is 0 Å². The summed E-state index contributed by atoms with van der Waals surface area (Å²) < 4.78 is 12.1. The predicted molar refractivity (Wildman–Crippen MR) is 72.5 cm³/mol. The van der Waals surface area contributed by atoms with Gasteiger partial charge in [-0.3, -0.25) is 4.57 Å². The maximum Gasteiger partial charge on any atom is 0.336 e. The average molecular weight is 268 g/mol. The molecule has 18 heavy (non-hydrogen) atoms. The topological polar surface area (TPSA) is 57.5 Å². The van der Waals surface area contributed by atoms with Gasteiger partial charge in [0.2, 0.25) is 0 Å². The Bertz CT molecular complexity index is 480. The van der Waals surface area contributed by atoms with E-state index in [-0.39, 0.29) is 5.92 Å². The van der Waals surface area contributed by atoms with Crippen molar-refractivity contribution < 1.29 is 14.4 Å². The third-order valence-electron chi connectivity index (χ3n) is 4.30. The van der Waals surface area contributed by atoms with Crippen molar-refractivity contribution in [2.24, 2.45) is 5.92 Å². The maximum atomic E-state index is 12.1. The van der Waals surface area contributed by atoms with Gasteiger partial charge in [0.1, 0.15) is 0 Å². The molecule has 1 fully saturated rings. The summed E-state index contributed by atoms with van der Waals surface area (Å²) in [6.45, 7) is 3.94. The molecular formula is C14H21O3P.